The third kappa shape index (κ3) is 5.93. The summed E-state index contributed by atoms with van der Waals surface area (Å²) in [6.07, 6.45) is 7.53. The topological polar surface area (TPSA) is 51.5 Å². The Morgan fingerprint density at radius 1 is 1.12 bits per heavy atom. The number of nitrogens with zero attached hydrogens (tertiary/aromatic N) is 2. The molecule has 0 N–H and O–H groups in total. The Hall–Kier alpha value is -2.30. The van der Waals surface area contributed by atoms with Gasteiger partial charge in [-0.05, 0) is 60.6 Å². The van der Waals surface area contributed by atoms with E-state index in [1.807, 2.05) is 23.1 Å². The van der Waals surface area contributed by atoms with E-state index in [1.54, 1.807) is 11.7 Å². The highest BCUT2D eigenvalue weighted by Gasteiger charge is 2.23. The lowest BCUT2D eigenvalue weighted by molar-refractivity contribution is -0.132. The van der Waals surface area contributed by atoms with Crippen LogP contribution in [0, 0.1) is 5.41 Å². The molecule has 0 unspecified atom stereocenters. The van der Waals surface area contributed by atoms with Crippen molar-refractivity contribution in [1.29, 1.82) is 0 Å². The number of carbonyl (C=O) groups is 1. The fraction of sp³-hybridized carbons (Fsp3) is 0.630. The number of amides is 1. The third-order valence-electron chi connectivity index (χ3n) is 6.65. The van der Waals surface area contributed by atoms with Crippen molar-refractivity contribution in [2.75, 3.05) is 20.2 Å². The maximum absolute atomic E-state index is 13.7. The number of benzene rings is 1. The van der Waals surface area contributed by atoms with E-state index in [1.165, 1.54) is 19.3 Å². The molecule has 1 aromatic heterocycles. The number of hydrogen-bond donors (Lipinski definition) is 0. The zero-order valence-corrected chi connectivity index (χ0v) is 20.6. The normalized spacial score (nSPS) is 15.2. The first-order valence-corrected chi connectivity index (χ1v) is 12.2. The number of hydrogen-bond acceptors (Lipinski definition) is 3. The molecule has 1 heterocycles. The Labute approximate surface area is 192 Å². The summed E-state index contributed by atoms with van der Waals surface area (Å²) in [7, 11) is 1.63. The molecule has 1 aliphatic carbocycles. The summed E-state index contributed by atoms with van der Waals surface area (Å²) < 4.78 is 7.12. The lowest BCUT2D eigenvalue weighted by Crippen LogP contribution is -2.39. The molecule has 1 amide bonds. The van der Waals surface area contributed by atoms with Crippen molar-refractivity contribution >= 4 is 16.8 Å². The summed E-state index contributed by atoms with van der Waals surface area (Å²) in [6, 6.07) is 7.87. The molecule has 32 heavy (non-hydrogen) atoms. The van der Waals surface area contributed by atoms with Crippen LogP contribution in [0.15, 0.2) is 29.1 Å². The summed E-state index contributed by atoms with van der Waals surface area (Å²) in [5, 5.41) is 0.996. The van der Waals surface area contributed by atoms with Crippen LogP contribution in [-0.2, 0) is 11.3 Å². The fourth-order valence-electron chi connectivity index (χ4n) is 4.70. The predicted molar refractivity (Wildman–Crippen MR) is 132 cm³/mol. The minimum absolute atomic E-state index is 0.0155. The van der Waals surface area contributed by atoms with Gasteiger partial charge in [-0.3, -0.25) is 14.2 Å². The molecule has 0 atom stereocenters. The average Bonchev–Trinajstić information content (AvgIpc) is 2.77. The Morgan fingerprint density at radius 2 is 1.84 bits per heavy atom. The first kappa shape index (κ1) is 24.3. The SMILES string of the molecule is CCCN(CCC(C)(C)C)C(=O)Cn1c(=O)c(C2CCCCC2)cc2ccc(OC)cc21. The number of aromatic nitrogens is 1. The molecule has 0 spiro atoms. The van der Waals surface area contributed by atoms with Crippen LogP contribution in [0.25, 0.3) is 10.9 Å². The van der Waals surface area contributed by atoms with Gasteiger partial charge in [-0.15, -0.1) is 0 Å². The van der Waals surface area contributed by atoms with Gasteiger partial charge in [0.2, 0.25) is 5.91 Å². The second kappa shape index (κ2) is 10.5. The van der Waals surface area contributed by atoms with Crippen molar-refractivity contribution in [1.82, 2.24) is 9.47 Å². The Kier molecular flexibility index (Phi) is 8.02. The van der Waals surface area contributed by atoms with Crippen molar-refractivity contribution in [3.8, 4) is 5.75 Å². The molecule has 1 aromatic carbocycles. The smallest absolute Gasteiger partial charge is 0.255 e. The van der Waals surface area contributed by atoms with E-state index < -0.39 is 0 Å². The molecular formula is C27H40N2O3. The highest BCUT2D eigenvalue weighted by molar-refractivity contribution is 5.84. The number of pyridine rings is 1. The predicted octanol–water partition coefficient (Wildman–Crippen LogP) is 5.73. The summed E-state index contributed by atoms with van der Waals surface area (Å²) in [4.78, 5) is 29.0. The maximum atomic E-state index is 13.7. The van der Waals surface area contributed by atoms with Gasteiger partial charge in [-0.25, -0.2) is 0 Å². The first-order valence-electron chi connectivity index (χ1n) is 12.2. The quantitative estimate of drug-likeness (QED) is 0.526. The molecule has 0 aliphatic heterocycles. The zero-order chi connectivity index (χ0) is 23.3. The molecule has 1 aliphatic rings. The number of carbonyl (C=O) groups excluding carboxylic acids is 1. The molecule has 3 rings (SSSR count). The highest BCUT2D eigenvalue weighted by Crippen LogP contribution is 2.32. The minimum Gasteiger partial charge on any atom is -0.497 e. The fourth-order valence-corrected chi connectivity index (χ4v) is 4.70. The molecule has 1 fully saturated rings. The first-order chi connectivity index (χ1) is 15.2. The van der Waals surface area contributed by atoms with Gasteiger partial charge < -0.3 is 9.64 Å². The second-order valence-corrected chi connectivity index (χ2v) is 10.4. The second-order valence-electron chi connectivity index (χ2n) is 10.4. The van der Waals surface area contributed by atoms with Crippen LogP contribution in [0.3, 0.4) is 0 Å². The van der Waals surface area contributed by atoms with Gasteiger partial charge in [-0.2, -0.15) is 0 Å². The standard InChI is InChI=1S/C27H40N2O3/c1-6-15-28(16-14-27(2,3)4)25(30)19-29-24-18-22(32-5)13-12-21(24)17-23(26(29)31)20-10-8-7-9-11-20/h12-13,17-18,20H,6-11,14-16,19H2,1-5H3. The Balaban J connectivity index is 2.00. The lowest BCUT2D eigenvalue weighted by atomic mass is 9.84. The number of methoxy groups -OCH3 is 1. The van der Waals surface area contributed by atoms with Gasteiger partial charge >= 0.3 is 0 Å². The van der Waals surface area contributed by atoms with E-state index >= 15 is 0 Å². The highest BCUT2D eigenvalue weighted by atomic mass is 16.5. The maximum Gasteiger partial charge on any atom is 0.255 e. The summed E-state index contributed by atoms with van der Waals surface area (Å²) in [6.45, 7) is 10.2. The van der Waals surface area contributed by atoms with Crippen LogP contribution >= 0.6 is 0 Å². The zero-order valence-electron chi connectivity index (χ0n) is 20.6. The minimum atomic E-state index is -0.0155. The van der Waals surface area contributed by atoms with Crippen molar-refractivity contribution in [2.45, 2.75) is 85.1 Å². The molecule has 176 valence electrons. The average molecular weight is 441 g/mol. The van der Waals surface area contributed by atoms with Crippen molar-refractivity contribution < 1.29 is 9.53 Å². The van der Waals surface area contributed by atoms with Crippen molar-refractivity contribution in [3.05, 3.63) is 40.2 Å². The van der Waals surface area contributed by atoms with Crippen LogP contribution in [0.5, 0.6) is 5.75 Å². The number of rotatable bonds is 8. The Bertz CT molecular complexity index is 981. The van der Waals surface area contributed by atoms with Gasteiger partial charge in [0.1, 0.15) is 12.3 Å². The molecule has 2 aromatic rings. The monoisotopic (exact) mass is 440 g/mol. The number of ether oxygens (including phenoxy) is 1. The molecule has 0 bridgehead atoms. The van der Waals surface area contributed by atoms with Gasteiger partial charge in [0, 0.05) is 24.7 Å². The van der Waals surface area contributed by atoms with E-state index in [9.17, 15) is 9.59 Å². The molecular weight excluding hydrogens is 400 g/mol. The van der Waals surface area contributed by atoms with Crippen LogP contribution in [0.2, 0.25) is 0 Å². The molecule has 5 nitrogen and oxygen atoms in total. The molecule has 0 saturated heterocycles. The van der Waals surface area contributed by atoms with Gasteiger partial charge in [0.25, 0.3) is 5.56 Å². The lowest BCUT2D eigenvalue weighted by Gasteiger charge is -2.28. The summed E-state index contributed by atoms with van der Waals surface area (Å²) in [5.74, 6) is 1.00. The van der Waals surface area contributed by atoms with E-state index in [0.717, 1.165) is 42.1 Å². The van der Waals surface area contributed by atoms with E-state index in [2.05, 4.69) is 33.8 Å². The van der Waals surface area contributed by atoms with Crippen molar-refractivity contribution in [2.24, 2.45) is 5.41 Å². The summed E-state index contributed by atoms with van der Waals surface area (Å²) in [5.41, 5.74) is 1.78. The van der Waals surface area contributed by atoms with Crippen LogP contribution < -0.4 is 10.3 Å². The molecule has 1 saturated carbocycles. The van der Waals surface area contributed by atoms with Crippen LogP contribution in [-0.4, -0.2) is 35.6 Å². The van der Waals surface area contributed by atoms with E-state index in [-0.39, 0.29) is 29.3 Å². The van der Waals surface area contributed by atoms with E-state index in [0.29, 0.717) is 18.8 Å². The molecule has 5 heteroatoms. The summed E-state index contributed by atoms with van der Waals surface area (Å²) >= 11 is 0. The number of fused-ring (bicyclic) bond motifs is 1. The molecule has 0 radical (unpaired) electrons. The van der Waals surface area contributed by atoms with E-state index in [4.69, 9.17) is 4.74 Å². The van der Waals surface area contributed by atoms with Crippen molar-refractivity contribution in [3.63, 3.8) is 0 Å². The third-order valence-corrected chi connectivity index (χ3v) is 6.65. The van der Waals surface area contributed by atoms with Crippen LogP contribution in [0.1, 0.15) is 84.1 Å². The Morgan fingerprint density at radius 3 is 2.47 bits per heavy atom. The van der Waals surface area contributed by atoms with Gasteiger partial charge in [0.05, 0.1) is 12.6 Å². The van der Waals surface area contributed by atoms with Crippen LogP contribution in [0.4, 0.5) is 0 Å². The van der Waals surface area contributed by atoms with Gasteiger partial charge in [0.15, 0.2) is 0 Å². The van der Waals surface area contributed by atoms with Gasteiger partial charge in [-0.1, -0.05) is 47.0 Å². The largest absolute Gasteiger partial charge is 0.497 e.